The molecule has 2 N–H and O–H groups in total. The normalized spacial score (nSPS) is 10.6. The van der Waals surface area contributed by atoms with E-state index in [1.807, 2.05) is 0 Å². The van der Waals surface area contributed by atoms with Crippen molar-refractivity contribution in [2.24, 2.45) is 0 Å². The fourth-order valence-corrected chi connectivity index (χ4v) is 2.18. The molecule has 3 aromatic rings. The van der Waals surface area contributed by atoms with Crippen molar-refractivity contribution in [3.05, 3.63) is 69.9 Å². The number of aromatic nitrogens is 2. The Morgan fingerprint density at radius 3 is 2.77 bits per heavy atom. The molecule has 0 unspecified atom stereocenters. The predicted octanol–water partition coefficient (Wildman–Crippen LogP) is 2.62. The number of anilines is 1. The van der Waals surface area contributed by atoms with Crippen LogP contribution in [0.1, 0.15) is 16.1 Å². The van der Waals surface area contributed by atoms with E-state index >= 15 is 0 Å². The maximum Gasteiger partial charge on any atom is 0.262 e. The van der Waals surface area contributed by atoms with Gasteiger partial charge in [-0.15, -0.1) is 0 Å². The van der Waals surface area contributed by atoms with Gasteiger partial charge in [-0.25, -0.2) is 9.37 Å². The molecule has 110 valence electrons. The number of fused-ring (bicyclic) bond motifs is 1. The van der Waals surface area contributed by atoms with E-state index in [1.165, 1.54) is 24.4 Å². The number of pyridine rings is 2. The minimum Gasteiger partial charge on any atom is -0.358 e. The zero-order chi connectivity index (χ0) is 15.7. The van der Waals surface area contributed by atoms with Crippen LogP contribution in [0, 0.1) is 12.7 Å². The largest absolute Gasteiger partial charge is 0.358 e. The Balaban J connectivity index is 2.01. The SMILES string of the molecule is Cc1cccc(NC(=O)c2c[nH]c3c(F)cccc3c2=O)n1. The first-order valence-corrected chi connectivity index (χ1v) is 6.61. The molecule has 1 aromatic carbocycles. The first kappa shape index (κ1) is 13.9. The van der Waals surface area contributed by atoms with Gasteiger partial charge in [-0.2, -0.15) is 0 Å². The van der Waals surface area contributed by atoms with E-state index in [1.54, 1.807) is 25.1 Å². The number of aromatic amines is 1. The summed E-state index contributed by atoms with van der Waals surface area (Å²) < 4.78 is 13.6. The van der Waals surface area contributed by atoms with Gasteiger partial charge in [0.2, 0.25) is 5.43 Å². The average molecular weight is 297 g/mol. The molecule has 0 aliphatic rings. The Bertz CT molecular complexity index is 934. The summed E-state index contributed by atoms with van der Waals surface area (Å²) in [6, 6.07) is 9.31. The van der Waals surface area contributed by atoms with Crippen LogP contribution in [0.2, 0.25) is 0 Å². The van der Waals surface area contributed by atoms with Gasteiger partial charge in [0.1, 0.15) is 17.2 Å². The molecule has 1 amide bonds. The summed E-state index contributed by atoms with van der Waals surface area (Å²) in [4.78, 5) is 31.3. The Morgan fingerprint density at radius 1 is 1.23 bits per heavy atom. The standard InChI is InChI=1S/C16H12FN3O2/c1-9-4-2-7-13(19-9)20-16(22)11-8-18-14-10(15(11)21)5-3-6-12(14)17/h2-8H,1H3,(H,18,21)(H,19,20,22). The van der Waals surface area contributed by atoms with Crippen molar-refractivity contribution in [2.45, 2.75) is 6.92 Å². The van der Waals surface area contributed by atoms with Crippen LogP contribution in [0.25, 0.3) is 10.9 Å². The Morgan fingerprint density at radius 2 is 2.00 bits per heavy atom. The molecule has 0 radical (unpaired) electrons. The minimum absolute atomic E-state index is 0.0812. The number of carbonyl (C=O) groups excluding carboxylic acids is 1. The summed E-state index contributed by atoms with van der Waals surface area (Å²) in [5, 5.41) is 2.68. The lowest BCUT2D eigenvalue weighted by atomic mass is 10.1. The Labute approximate surface area is 124 Å². The summed E-state index contributed by atoms with van der Waals surface area (Å²) in [6.07, 6.45) is 1.21. The molecule has 0 spiro atoms. The van der Waals surface area contributed by atoms with Crippen LogP contribution in [-0.2, 0) is 0 Å². The molecule has 0 bridgehead atoms. The first-order chi connectivity index (χ1) is 10.6. The lowest BCUT2D eigenvalue weighted by Gasteiger charge is -2.06. The number of halogens is 1. The highest BCUT2D eigenvalue weighted by atomic mass is 19.1. The second-order valence-corrected chi connectivity index (χ2v) is 4.81. The predicted molar refractivity (Wildman–Crippen MR) is 81.5 cm³/mol. The highest BCUT2D eigenvalue weighted by Crippen LogP contribution is 2.13. The van der Waals surface area contributed by atoms with E-state index < -0.39 is 17.2 Å². The van der Waals surface area contributed by atoms with Crippen molar-refractivity contribution < 1.29 is 9.18 Å². The summed E-state index contributed by atoms with van der Waals surface area (Å²) in [5.41, 5.74) is 0.199. The highest BCUT2D eigenvalue weighted by Gasteiger charge is 2.15. The third kappa shape index (κ3) is 2.46. The Hall–Kier alpha value is -3.02. The maximum absolute atomic E-state index is 13.6. The summed E-state index contributed by atoms with van der Waals surface area (Å²) in [5.74, 6) is -0.781. The van der Waals surface area contributed by atoms with Crippen LogP contribution in [0.5, 0.6) is 0 Å². The third-order valence-corrected chi connectivity index (χ3v) is 3.24. The molecule has 0 saturated heterocycles. The summed E-state index contributed by atoms with van der Waals surface area (Å²) in [6.45, 7) is 1.79. The van der Waals surface area contributed by atoms with Gasteiger partial charge in [-0.1, -0.05) is 12.1 Å². The molecule has 0 aliphatic heterocycles. The molecule has 3 rings (SSSR count). The highest BCUT2D eigenvalue weighted by molar-refractivity contribution is 6.05. The number of H-pyrrole nitrogens is 1. The topological polar surface area (TPSA) is 74.8 Å². The van der Waals surface area contributed by atoms with Crippen molar-refractivity contribution in [1.29, 1.82) is 0 Å². The monoisotopic (exact) mass is 297 g/mol. The number of rotatable bonds is 2. The van der Waals surface area contributed by atoms with Crippen molar-refractivity contribution in [3.8, 4) is 0 Å². The second-order valence-electron chi connectivity index (χ2n) is 4.81. The van der Waals surface area contributed by atoms with Gasteiger partial charge in [0, 0.05) is 17.3 Å². The number of hydrogen-bond donors (Lipinski definition) is 2. The zero-order valence-electron chi connectivity index (χ0n) is 11.7. The van der Waals surface area contributed by atoms with Crippen LogP contribution < -0.4 is 10.7 Å². The second kappa shape index (κ2) is 5.40. The fraction of sp³-hybridized carbons (Fsp3) is 0.0625. The number of amides is 1. The molecule has 2 heterocycles. The van der Waals surface area contributed by atoms with Crippen molar-refractivity contribution in [3.63, 3.8) is 0 Å². The molecule has 0 aliphatic carbocycles. The quantitative estimate of drug-likeness (QED) is 0.763. The van der Waals surface area contributed by atoms with Crippen molar-refractivity contribution in [1.82, 2.24) is 9.97 Å². The molecule has 2 aromatic heterocycles. The molecule has 22 heavy (non-hydrogen) atoms. The zero-order valence-corrected chi connectivity index (χ0v) is 11.7. The maximum atomic E-state index is 13.6. The number of aryl methyl sites for hydroxylation is 1. The lowest BCUT2D eigenvalue weighted by Crippen LogP contribution is -2.22. The number of benzene rings is 1. The number of para-hydroxylation sites is 1. The average Bonchev–Trinajstić information content (AvgIpc) is 2.48. The summed E-state index contributed by atoms with van der Waals surface area (Å²) in [7, 11) is 0. The van der Waals surface area contributed by atoms with E-state index in [0.29, 0.717) is 5.82 Å². The summed E-state index contributed by atoms with van der Waals surface area (Å²) >= 11 is 0. The minimum atomic E-state index is -0.592. The van der Waals surface area contributed by atoms with Crippen LogP contribution in [0.15, 0.2) is 47.4 Å². The van der Waals surface area contributed by atoms with Crippen LogP contribution >= 0.6 is 0 Å². The number of carbonyl (C=O) groups is 1. The molecule has 0 saturated carbocycles. The molecule has 0 atom stereocenters. The van der Waals surface area contributed by atoms with Gasteiger partial charge in [0.05, 0.1) is 5.52 Å². The number of nitrogens with zero attached hydrogens (tertiary/aromatic N) is 1. The van der Waals surface area contributed by atoms with Gasteiger partial charge in [0.25, 0.3) is 5.91 Å². The van der Waals surface area contributed by atoms with Crippen molar-refractivity contribution in [2.75, 3.05) is 5.32 Å². The van der Waals surface area contributed by atoms with Gasteiger partial charge in [-0.05, 0) is 31.2 Å². The smallest absolute Gasteiger partial charge is 0.262 e. The molecular formula is C16H12FN3O2. The van der Waals surface area contributed by atoms with Crippen LogP contribution in [-0.4, -0.2) is 15.9 Å². The molecule has 6 heteroatoms. The van der Waals surface area contributed by atoms with E-state index in [4.69, 9.17) is 0 Å². The van der Waals surface area contributed by atoms with Gasteiger partial charge in [-0.3, -0.25) is 9.59 Å². The van der Waals surface area contributed by atoms with Gasteiger partial charge >= 0.3 is 0 Å². The van der Waals surface area contributed by atoms with E-state index in [0.717, 1.165) is 5.69 Å². The number of hydrogen-bond acceptors (Lipinski definition) is 3. The van der Waals surface area contributed by atoms with E-state index in [2.05, 4.69) is 15.3 Å². The molecular weight excluding hydrogens is 285 g/mol. The first-order valence-electron chi connectivity index (χ1n) is 6.61. The molecule has 0 fully saturated rings. The van der Waals surface area contributed by atoms with Crippen LogP contribution in [0.3, 0.4) is 0 Å². The fourth-order valence-electron chi connectivity index (χ4n) is 2.18. The van der Waals surface area contributed by atoms with Crippen LogP contribution in [0.4, 0.5) is 10.2 Å². The van der Waals surface area contributed by atoms with Gasteiger partial charge < -0.3 is 10.3 Å². The third-order valence-electron chi connectivity index (χ3n) is 3.24. The van der Waals surface area contributed by atoms with Crippen molar-refractivity contribution >= 4 is 22.6 Å². The number of nitrogens with one attached hydrogen (secondary N) is 2. The Kier molecular flexibility index (Phi) is 3.42. The van der Waals surface area contributed by atoms with E-state index in [9.17, 15) is 14.0 Å². The van der Waals surface area contributed by atoms with Gasteiger partial charge in [0.15, 0.2) is 0 Å². The lowest BCUT2D eigenvalue weighted by molar-refractivity contribution is 0.102. The van der Waals surface area contributed by atoms with E-state index in [-0.39, 0.29) is 16.5 Å². The molecule has 5 nitrogen and oxygen atoms in total.